The Morgan fingerprint density at radius 3 is 3.00 bits per heavy atom. The topological polar surface area (TPSA) is 84.3 Å². The molecule has 1 aromatic carbocycles. The van der Waals surface area contributed by atoms with Gasteiger partial charge in [0.15, 0.2) is 0 Å². The lowest BCUT2D eigenvalue weighted by Gasteiger charge is -2.28. The van der Waals surface area contributed by atoms with Crippen LogP contribution in [-0.4, -0.2) is 18.8 Å². The molecule has 1 aromatic rings. The zero-order valence-corrected chi connectivity index (χ0v) is 10.7. The maximum Gasteiger partial charge on any atom is 0.379 e. The second-order valence-electron chi connectivity index (χ2n) is 4.02. The Morgan fingerprint density at radius 1 is 1.50 bits per heavy atom. The summed E-state index contributed by atoms with van der Waals surface area (Å²) in [6.45, 7) is 0.193. The highest BCUT2D eigenvalue weighted by molar-refractivity contribution is 7.54. The van der Waals surface area contributed by atoms with Gasteiger partial charge in [-0.25, -0.2) is 4.57 Å². The lowest BCUT2D eigenvalue weighted by molar-refractivity contribution is 0.157. The molecule has 96 valence electrons. The van der Waals surface area contributed by atoms with E-state index in [9.17, 15) is 4.57 Å². The molecule has 1 saturated heterocycles. The number of rotatable bonds is 4. The molecule has 7 heteroatoms. The molecule has 18 heavy (non-hydrogen) atoms. The van der Waals surface area contributed by atoms with E-state index in [1.165, 1.54) is 0 Å². The van der Waals surface area contributed by atoms with E-state index in [0.29, 0.717) is 11.9 Å². The normalized spacial score (nSPS) is 27.2. The predicted molar refractivity (Wildman–Crippen MR) is 67.7 cm³/mol. The van der Waals surface area contributed by atoms with E-state index in [4.69, 9.17) is 14.6 Å². The first-order valence-corrected chi connectivity index (χ1v) is 7.48. The first kappa shape index (κ1) is 13.0. The fraction of sp³-hybridized carbons (Fsp3) is 0.455. The molecule has 0 saturated carbocycles. The highest BCUT2D eigenvalue weighted by Crippen LogP contribution is 2.53. The Kier molecular flexibility index (Phi) is 4.26. The number of para-hydroxylation sites is 1. The summed E-state index contributed by atoms with van der Waals surface area (Å²) in [5.74, 6) is 0.533. The van der Waals surface area contributed by atoms with Gasteiger partial charge >= 0.3 is 7.60 Å². The van der Waals surface area contributed by atoms with E-state index < -0.39 is 7.60 Å². The third-order valence-electron chi connectivity index (χ3n) is 2.60. The number of azide groups is 1. The van der Waals surface area contributed by atoms with Crippen molar-refractivity contribution in [3.05, 3.63) is 40.8 Å². The number of benzene rings is 1. The van der Waals surface area contributed by atoms with Gasteiger partial charge in [-0.15, -0.1) is 0 Å². The number of hydrogen-bond donors (Lipinski definition) is 0. The molecular formula is C11H14N3O3P. The molecule has 1 heterocycles. The van der Waals surface area contributed by atoms with Crippen molar-refractivity contribution in [1.29, 1.82) is 0 Å². The van der Waals surface area contributed by atoms with E-state index in [-0.39, 0.29) is 12.6 Å². The molecule has 0 amide bonds. The van der Waals surface area contributed by atoms with Gasteiger partial charge in [0.1, 0.15) is 5.75 Å². The van der Waals surface area contributed by atoms with Crippen molar-refractivity contribution in [3.8, 4) is 5.75 Å². The number of hydrogen-bond acceptors (Lipinski definition) is 4. The van der Waals surface area contributed by atoms with Crippen molar-refractivity contribution in [2.75, 3.05) is 12.7 Å². The van der Waals surface area contributed by atoms with E-state index >= 15 is 0 Å². The molecule has 0 N–H and O–H groups in total. The monoisotopic (exact) mass is 267 g/mol. The standard InChI is InChI=1S/C11H14N3O3P/c12-14-13-9-11-7-4-8-18(15,17-11)16-10-5-2-1-3-6-10/h1-3,5-6,11H,4,7-9H2. The minimum Gasteiger partial charge on any atom is -0.424 e. The Morgan fingerprint density at radius 2 is 2.28 bits per heavy atom. The van der Waals surface area contributed by atoms with Gasteiger partial charge in [0, 0.05) is 4.91 Å². The Bertz CT molecular complexity index is 488. The van der Waals surface area contributed by atoms with Gasteiger partial charge in [0.05, 0.1) is 18.8 Å². The maximum atomic E-state index is 12.4. The van der Waals surface area contributed by atoms with Crippen LogP contribution in [0, 0.1) is 0 Å². The summed E-state index contributed by atoms with van der Waals surface area (Å²) in [7, 11) is -3.11. The van der Waals surface area contributed by atoms with Crippen molar-refractivity contribution >= 4 is 7.60 Å². The van der Waals surface area contributed by atoms with Gasteiger partial charge in [-0.2, -0.15) is 0 Å². The van der Waals surface area contributed by atoms with Gasteiger partial charge in [-0.1, -0.05) is 23.3 Å². The predicted octanol–water partition coefficient (Wildman–Crippen LogP) is 3.75. The third-order valence-corrected chi connectivity index (χ3v) is 4.58. The van der Waals surface area contributed by atoms with Gasteiger partial charge in [0.25, 0.3) is 0 Å². The molecule has 0 spiro atoms. The molecule has 2 unspecified atom stereocenters. The first-order chi connectivity index (χ1) is 8.72. The van der Waals surface area contributed by atoms with Crippen LogP contribution in [0.1, 0.15) is 12.8 Å². The molecule has 0 aromatic heterocycles. The lowest BCUT2D eigenvalue weighted by atomic mass is 10.2. The quantitative estimate of drug-likeness (QED) is 0.360. The summed E-state index contributed by atoms with van der Waals surface area (Å²) >= 11 is 0. The highest BCUT2D eigenvalue weighted by Gasteiger charge is 2.34. The van der Waals surface area contributed by atoms with Crippen molar-refractivity contribution in [2.45, 2.75) is 18.9 Å². The molecule has 6 nitrogen and oxygen atoms in total. The second kappa shape index (κ2) is 5.91. The Hall–Kier alpha value is -1.48. The Balaban J connectivity index is 2.02. The van der Waals surface area contributed by atoms with Crippen LogP contribution >= 0.6 is 7.60 Å². The summed E-state index contributed by atoms with van der Waals surface area (Å²) in [5, 5.41) is 3.45. The van der Waals surface area contributed by atoms with Crippen LogP contribution in [0.25, 0.3) is 10.4 Å². The molecule has 0 aliphatic carbocycles. The zero-order chi connectivity index (χ0) is 12.8. The summed E-state index contributed by atoms with van der Waals surface area (Å²) in [5.41, 5.74) is 8.26. The fourth-order valence-corrected chi connectivity index (χ4v) is 3.69. The number of nitrogens with zero attached hydrogens (tertiary/aromatic N) is 3. The molecule has 1 aliphatic rings. The van der Waals surface area contributed by atoms with Gasteiger partial charge in [-0.05, 0) is 30.5 Å². The summed E-state index contributed by atoms with van der Waals surface area (Å²) in [4.78, 5) is 2.68. The van der Waals surface area contributed by atoms with E-state index in [2.05, 4.69) is 10.0 Å². The van der Waals surface area contributed by atoms with Crippen LogP contribution in [0.3, 0.4) is 0 Å². The Labute approximate surface area is 105 Å². The van der Waals surface area contributed by atoms with Crippen LogP contribution in [0.15, 0.2) is 35.4 Å². The molecule has 2 rings (SSSR count). The van der Waals surface area contributed by atoms with Crippen molar-refractivity contribution < 1.29 is 13.6 Å². The van der Waals surface area contributed by atoms with E-state index in [1.807, 2.05) is 18.2 Å². The minimum atomic E-state index is -3.11. The van der Waals surface area contributed by atoms with Gasteiger partial charge in [0.2, 0.25) is 0 Å². The SMILES string of the molecule is [N-]=[N+]=NCC1CCCP(=O)(Oc2ccccc2)O1. The minimum absolute atomic E-state index is 0.193. The van der Waals surface area contributed by atoms with Crippen LogP contribution < -0.4 is 4.52 Å². The van der Waals surface area contributed by atoms with Gasteiger partial charge in [-0.3, -0.25) is 4.52 Å². The van der Waals surface area contributed by atoms with E-state index in [0.717, 1.165) is 12.8 Å². The van der Waals surface area contributed by atoms with Crippen LogP contribution in [0.2, 0.25) is 0 Å². The maximum absolute atomic E-state index is 12.4. The van der Waals surface area contributed by atoms with Crippen LogP contribution in [0.4, 0.5) is 0 Å². The van der Waals surface area contributed by atoms with Crippen LogP contribution in [-0.2, 0) is 9.09 Å². The molecule has 1 aliphatic heterocycles. The second-order valence-corrected chi connectivity index (χ2v) is 6.08. The third kappa shape index (κ3) is 3.50. The molecule has 0 bridgehead atoms. The lowest BCUT2D eigenvalue weighted by Crippen LogP contribution is -2.23. The summed E-state index contributed by atoms with van der Waals surface area (Å²) in [6, 6.07) is 8.95. The van der Waals surface area contributed by atoms with Crippen molar-refractivity contribution in [2.24, 2.45) is 5.11 Å². The molecule has 2 atom stereocenters. The molecule has 0 radical (unpaired) electrons. The average Bonchev–Trinajstić information content (AvgIpc) is 2.37. The highest BCUT2D eigenvalue weighted by atomic mass is 31.2. The summed E-state index contributed by atoms with van der Waals surface area (Å²) in [6.07, 6.45) is 1.56. The molecule has 1 fully saturated rings. The van der Waals surface area contributed by atoms with Crippen molar-refractivity contribution in [3.63, 3.8) is 0 Å². The van der Waals surface area contributed by atoms with Crippen LogP contribution in [0.5, 0.6) is 5.75 Å². The summed E-state index contributed by atoms with van der Waals surface area (Å²) < 4.78 is 23.3. The first-order valence-electron chi connectivity index (χ1n) is 5.75. The smallest absolute Gasteiger partial charge is 0.379 e. The van der Waals surface area contributed by atoms with Gasteiger partial charge < -0.3 is 4.52 Å². The van der Waals surface area contributed by atoms with E-state index in [1.54, 1.807) is 12.1 Å². The van der Waals surface area contributed by atoms with Crippen molar-refractivity contribution in [1.82, 2.24) is 0 Å². The zero-order valence-electron chi connectivity index (χ0n) is 9.81. The largest absolute Gasteiger partial charge is 0.424 e. The molecular weight excluding hydrogens is 253 g/mol. The average molecular weight is 267 g/mol. The fourth-order valence-electron chi connectivity index (χ4n) is 1.81.